The second-order valence-corrected chi connectivity index (χ2v) is 6.70. The van der Waals surface area contributed by atoms with Crippen LogP contribution in [0.1, 0.15) is 23.6 Å². The van der Waals surface area contributed by atoms with Gasteiger partial charge in [-0.2, -0.15) is 5.26 Å². The zero-order valence-electron chi connectivity index (χ0n) is 17.9. The third kappa shape index (κ3) is 6.10. The van der Waals surface area contributed by atoms with E-state index in [-0.39, 0.29) is 0 Å². The summed E-state index contributed by atoms with van der Waals surface area (Å²) in [7, 11) is 1.57. The van der Waals surface area contributed by atoms with Gasteiger partial charge in [0.25, 0.3) is 0 Å². The highest BCUT2D eigenvalue weighted by atomic mass is 16.5. The zero-order chi connectivity index (χ0) is 22.8. The standard InChI is InChI=1S/C27H23NO4/c1-3-31-25-15-11-21(18-26(25)30-2)12-16-27(29)32-24-13-9-20(10-14-24)17-23(19-28)22-7-5-4-6-8-22/h4-18H,3H2,1-2H3/b16-12+,23-17-. The van der Waals surface area contributed by atoms with Gasteiger partial charge in [-0.1, -0.05) is 48.5 Å². The minimum atomic E-state index is -0.497. The average molecular weight is 425 g/mol. The van der Waals surface area contributed by atoms with Crippen molar-refractivity contribution in [1.82, 2.24) is 0 Å². The molecule has 5 nitrogen and oxygen atoms in total. The predicted molar refractivity (Wildman–Crippen MR) is 125 cm³/mol. The Bertz CT molecular complexity index is 1160. The van der Waals surface area contributed by atoms with Crippen LogP contribution in [0.15, 0.2) is 78.9 Å². The van der Waals surface area contributed by atoms with Crippen LogP contribution in [-0.2, 0) is 4.79 Å². The molecule has 0 fully saturated rings. The van der Waals surface area contributed by atoms with E-state index in [1.54, 1.807) is 55.7 Å². The fourth-order valence-corrected chi connectivity index (χ4v) is 2.97. The van der Waals surface area contributed by atoms with Crippen LogP contribution < -0.4 is 14.2 Å². The minimum Gasteiger partial charge on any atom is -0.493 e. The van der Waals surface area contributed by atoms with Gasteiger partial charge in [0.1, 0.15) is 5.75 Å². The molecule has 0 heterocycles. The number of allylic oxidation sites excluding steroid dienone is 1. The molecule has 0 unspecified atom stereocenters. The fourth-order valence-electron chi connectivity index (χ4n) is 2.97. The Labute approximate surface area is 187 Å². The third-order valence-corrected chi connectivity index (χ3v) is 4.51. The smallest absolute Gasteiger partial charge is 0.336 e. The number of ether oxygens (including phenoxy) is 3. The number of carbonyl (C=O) groups is 1. The van der Waals surface area contributed by atoms with Crippen molar-refractivity contribution in [2.45, 2.75) is 6.92 Å². The van der Waals surface area contributed by atoms with E-state index >= 15 is 0 Å². The number of hydrogen-bond donors (Lipinski definition) is 0. The van der Waals surface area contributed by atoms with Gasteiger partial charge in [0.15, 0.2) is 11.5 Å². The summed E-state index contributed by atoms with van der Waals surface area (Å²) in [4.78, 5) is 12.2. The molecule has 0 bridgehead atoms. The molecule has 0 N–H and O–H groups in total. The van der Waals surface area contributed by atoms with Crippen LogP contribution in [0.5, 0.6) is 17.2 Å². The molecule has 0 aliphatic heterocycles. The van der Waals surface area contributed by atoms with Crippen molar-refractivity contribution in [3.8, 4) is 23.3 Å². The van der Waals surface area contributed by atoms with Crippen molar-refractivity contribution in [3.63, 3.8) is 0 Å². The molecule has 3 rings (SSSR count). The lowest BCUT2D eigenvalue weighted by Gasteiger charge is -2.09. The van der Waals surface area contributed by atoms with Crippen LogP contribution in [0.2, 0.25) is 0 Å². The van der Waals surface area contributed by atoms with E-state index in [4.69, 9.17) is 14.2 Å². The summed E-state index contributed by atoms with van der Waals surface area (Å²) in [5.41, 5.74) is 3.03. The lowest BCUT2D eigenvalue weighted by Crippen LogP contribution is -2.03. The molecule has 160 valence electrons. The molecule has 0 atom stereocenters. The van der Waals surface area contributed by atoms with Crippen LogP contribution in [0.25, 0.3) is 17.7 Å². The normalized spacial score (nSPS) is 11.1. The molecule has 32 heavy (non-hydrogen) atoms. The van der Waals surface area contributed by atoms with Crippen molar-refractivity contribution >= 4 is 23.7 Å². The second-order valence-electron chi connectivity index (χ2n) is 6.70. The topological polar surface area (TPSA) is 68.5 Å². The van der Waals surface area contributed by atoms with Gasteiger partial charge in [0.05, 0.1) is 25.4 Å². The monoisotopic (exact) mass is 425 g/mol. The predicted octanol–water partition coefficient (Wildman–Crippen LogP) is 5.78. The Hall–Kier alpha value is -4.30. The highest BCUT2D eigenvalue weighted by Gasteiger charge is 2.06. The number of hydrogen-bond acceptors (Lipinski definition) is 5. The maximum Gasteiger partial charge on any atom is 0.336 e. The van der Waals surface area contributed by atoms with Gasteiger partial charge < -0.3 is 14.2 Å². The first-order chi connectivity index (χ1) is 15.6. The number of nitriles is 1. The van der Waals surface area contributed by atoms with Crippen molar-refractivity contribution in [3.05, 3.63) is 95.6 Å². The molecule has 3 aromatic carbocycles. The average Bonchev–Trinajstić information content (AvgIpc) is 2.83. The molecule has 3 aromatic rings. The van der Waals surface area contributed by atoms with E-state index in [1.807, 2.05) is 43.3 Å². The highest BCUT2D eigenvalue weighted by molar-refractivity contribution is 5.90. The van der Waals surface area contributed by atoms with Crippen molar-refractivity contribution in [2.75, 3.05) is 13.7 Å². The van der Waals surface area contributed by atoms with Crippen molar-refractivity contribution in [1.29, 1.82) is 5.26 Å². The van der Waals surface area contributed by atoms with E-state index in [0.717, 1.165) is 16.7 Å². The van der Waals surface area contributed by atoms with E-state index in [9.17, 15) is 10.1 Å². The number of methoxy groups -OCH3 is 1. The molecule has 0 spiro atoms. The molecule has 0 aliphatic carbocycles. The Morgan fingerprint density at radius 2 is 1.69 bits per heavy atom. The van der Waals surface area contributed by atoms with Crippen LogP contribution in [0.4, 0.5) is 0 Å². The minimum absolute atomic E-state index is 0.416. The molecular formula is C27H23NO4. The summed E-state index contributed by atoms with van der Waals surface area (Å²) in [6.07, 6.45) is 4.79. The lowest BCUT2D eigenvalue weighted by atomic mass is 10.0. The quantitative estimate of drug-likeness (QED) is 0.150. The van der Waals surface area contributed by atoms with Crippen molar-refractivity contribution in [2.24, 2.45) is 0 Å². The molecule has 0 saturated carbocycles. The molecule has 0 radical (unpaired) electrons. The van der Waals surface area contributed by atoms with Gasteiger partial charge in [-0.05, 0) is 60.0 Å². The first kappa shape index (κ1) is 22.4. The molecule has 0 aromatic heterocycles. The number of carbonyl (C=O) groups excluding carboxylic acids is 1. The molecular weight excluding hydrogens is 402 g/mol. The van der Waals surface area contributed by atoms with Crippen LogP contribution >= 0.6 is 0 Å². The summed E-state index contributed by atoms with van der Waals surface area (Å²) in [5.74, 6) is 1.16. The van der Waals surface area contributed by atoms with Gasteiger partial charge in [-0.3, -0.25) is 0 Å². The zero-order valence-corrected chi connectivity index (χ0v) is 17.9. The summed E-state index contributed by atoms with van der Waals surface area (Å²) < 4.78 is 16.2. The maximum atomic E-state index is 12.2. The number of esters is 1. The molecule has 0 aliphatic rings. The van der Waals surface area contributed by atoms with Crippen LogP contribution in [0.3, 0.4) is 0 Å². The van der Waals surface area contributed by atoms with E-state index in [1.165, 1.54) is 6.08 Å². The summed E-state index contributed by atoms with van der Waals surface area (Å²) in [5, 5.41) is 9.43. The van der Waals surface area contributed by atoms with Crippen molar-refractivity contribution < 1.29 is 19.0 Å². The summed E-state index contributed by atoms with van der Waals surface area (Å²) in [6.45, 7) is 2.44. The molecule has 0 saturated heterocycles. The SMILES string of the molecule is CCOc1ccc(/C=C/C(=O)Oc2ccc(/C=C(/C#N)c3ccccc3)cc2)cc1OC. The van der Waals surface area contributed by atoms with Gasteiger partial charge in [0, 0.05) is 6.08 Å². The van der Waals surface area contributed by atoms with Crippen LogP contribution in [0, 0.1) is 11.3 Å². The maximum absolute atomic E-state index is 12.2. The summed E-state index contributed by atoms with van der Waals surface area (Å²) in [6, 6.07) is 24.1. The van der Waals surface area contributed by atoms with E-state index in [2.05, 4.69) is 6.07 Å². The van der Waals surface area contributed by atoms with Gasteiger partial charge >= 0.3 is 5.97 Å². The van der Waals surface area contributed by atoms with Gasteiger partial charge in [0.2, 0.25) is 0 Å². The number of benzene rings is 3. The number of rotatable bonds is 8. The Balaban J connectivity index is 1.65. The Morgan fingerprint density at radius 1 is 0.969 bits per heavy atom. The molecule has 0 amide bonds. The first-order valence-corrected chi connectivity index (χ1v) is 10.1. The largest absolute Gasteiger partial charge is 0.493 e. The Morgan fingerprint density at radius 3 is 2.34 bits per heavy atom. The molecule has 5 heteroatoms. The third-order valence-electron chi connectivity index (χ3n) is 4.51. The van der Waals surface area contributed by atoms with E-state index in [0.29, 0.717) is 29.4 Å². The lowest BCUT2D eigenvalue weighted by molar-refractivity contribution is -0.128. The van der Waals surface area contributed by atoms with E-state index < -0.39 is 5.97 Å². The first-order valence-electron chi connectivity index (χ1n) is 10.1. The second kappa shape index (κ2) is 11.2. The Kier molecular flexibility index (Phi) is 7.83. The van der Waals surface area contributed by atoms with Gasteiger partial charge in [-0.15, -0.1) is 0 Å². The van der Waals surface area contributed by atoms with Gasteiger partial charge in [-0.25, -0.2) is 4.79 Å². The summed E-state index contributed by atoms with van der Waals surface area (Å²) >= 11 is 0. The van der Waals surface area contributed by atoms with Crippen LogP contribution in [-0.4, -0.2) is 19.7 Å². The highest BCUT2D eigenvalue weighted by Crippen LogP contribution is 2.28. The fraction of sp³-hybridized carbons (Fsp3) is 0.111. The number of nitrogens with zero attached hydrogens (tertiary/aromatic N) is 1.